The summed E-state index contributed by atoms with van der Waals surface area (Å²) in [7, 11) is 1.73. The molecule has 1 aromatic rings. The van der Waals surface area contributed by atoms with Crippen molar-refractivity contribution < 1.29 is 4.74 Å². The molecule has 3 aliphatic heterocycles. The SMILES string of the molecule is COCc1cc(N2CC3CN4CCCCC4C3C2)nc(C(C)(C)C)n1. The maximum Gasteiger partial charge on any atom is 0.136 e. The van der Waals surface area contributed by atoms with Crippen LogP contribution in [-0.4, -0.2) is 54.2 Å². The molecule has 0 N–H and O–H groups in total. The number of anilines is 1. The van der Waals surface area contributed by atoms with Gasteiger partial charge >= 0.3 is 0 Å². The number of ether oxygens (including phenoxy) is 1. The van der Waals surface area contributed by atoms with E-state index in [1.54, 1.807) is 7.11 Å². The van der Waals surface area contributed by atoms with Crippen molar-refractivity contribution in [1.82, 2.24) is 14.9 Å². The second-order valence-corrected chi connectivity index (χ2v) is 9.11. The summed E-state index contributed by atoms with van der Waals surface area (Å²) in [5.74, 6) is 3.65. The van der Waals surface area contributed by atoms with Gasteiger partial charge in [0, 0.05) is 44.3 Å². The molecule has 3 fully saturated rings. The lowest BCUT2D eigenvalue weighted by Gasteiger charge is -2.33. The monoisotopic (exact) mass is 344 g/mol. The summed E-state index contributed by atoms with van der Waals surface area (Å²) in [6, 6.07) is 2.95. The Hall–Kier alpha value is -1.20. The van der Waals surface area contributed by atoms with Crippen molar-refractivity contribution in [3.05, 3.63) is 17.6 Å². The topological polar surface area (TPSA) is 41.5 Å². The van der Waals surface area contributed by atoms with E-state index in [0.717, 1.165) is 48.3 Å². The van der Waals surface area contributed by atoms with Crippen molar-refractivity contribution in [3.8, 4) is 0 Å². The van der Waals surface area contributed by atoms with Gasteiger partial charge in [-0.1, -0.05) is 27.2 Å². The lowest BCUT2D eigenvalue weighted by Crippen LogP contribution is -2.40. The van der Waals surface area contributed by atoms with Crippen LogP contribution in [0.25, 0.3) is 0 Å². The third kappa shape index (κ3) is 3.28. The normalized spacial score (nSPS) is 29.8. The Bertz CT molecular complexity index is 627. The molecule has 0 saturated carbocycles. The summed E-state index contributed by atoms with van der Waals surface area (Å²) in [6.45, 7) is 12.0. The van der Waals surface area contributed by atoms with Crippen molar-refractivity contribution in [2.75, 3.05) is 38.2 Å². The molecule has 0 aromatic carbocycles. The van der Waals surface area contributed by atoms with Gasteiger partial charge in [0.05, 0.1) is 12.3 Å². The molecule has 0 aliphatic carbocycles. The van der Waals surface area contributed by atoms with Gasteiger partial charge in [0.2, 0.25) is 0 Å². The summed E-state index contributed by atoms with van der Waals surface area (Å²) >= 11 is 0. The number of nitrogens with zero attached hydrogens (tertiary/aromatic N) is 4. The molecule has 0 radical (unpaired) electrons. The van der Waals surface area contributed by atoms with E-state index < -0.39 is 0 Å². The third-order valence-electron chi connectivity index (χ3n) is 6.17. The van der Waals surface area contributed by atoms with Crippen LogP contribution in [-0.2, 0) is 16.8 Å². The van der Waals surface area contributed by atoms with E-state index in [1.807, 2.05) is 0 Å². The number of hydrogen-bond donors (Lipinski definition) is 0. The third-order valence-corrected chi connectivity index (χ3v) is 6.17. The van der Waals surface area contributed by atoms with E-state index in [0.29, 0.717) is 6.61 Å². The minimum absolute atomic E-state index is 0.0474. The first-order valence-electron chi connectivity index (χ1n) is 9.82. The molecule has 3 unspecified atom stereocenters. The van der Waals surface area contributed by atoms with Gasteiger partial charge in [0.25, 0.3) is 0 Å². The molecule has 4 rings (SSSR count). The molecule has 1 aromatic heterocycles. The van der Waals surface area contributed by atoms with Gasteiger partial charge in [-0.2, -0.15) is 0 Å². The lowest BCUT2D eigenvalue weighted by atomic mass is 9.90. The van der Waals surface area contributed by atoms with E-state index in [1.165, 1.54) is 32.4 Å². The first kappa shape index (κ1) is 17.2. The van der Waals surface area contributed by atoms with Crippen molar-refractivity contribution in [2.24, 2.45) is 11.8 Å². The smallest absolute Gasteiger partial charge is 0.136 e. The molecule has 138 valence electrons. The average Bonchev–Trinajstić information content (AvgIpc) is 3.12. The van der Waals surface area contributed by atoms with Crippen LogP contribution in [0.4, 0.5) is 5.82 Å². The van der Waals surface area contributed by atoms with Crippen LogP contribution in [0.3, 0.4) is 0 Å². The van der Waals surface area contributed by atoms with Crippen LogP contribution in [0.15, 0.2) is 6.07 Å². The Labute approximate surface area is 151 Å². The molecule has 3 saturated heterocycles. The fourth-order valence-electron chi connectivity index (χ4n) is 4.94. The zero-order valence-electron chi connectivity index (χ0n) is 16.2. The molecule has 3 atom stereocenters. The van der Waals surface area contributed by atoms with Gasteiger partial charge in [-0.15, -0.1) is 0 Å². The predicted molar refractivity (Wildman–Crippen MR) is 99.9 cm³/mol. The maximum absolute atomic E-state index is 5.34. The zero-order chi connectivity index (χ0) is 17.6. The van der Waals surface area contributed by atoms with E-state index in [4.69, 9.17) is 14.7 Å². The standard InChI is InChI=1S/C20H32N4O/c1-20(2,3)19-21-15(13-25-4)9-18(22-19)24-11-14-10-23-8-6-5-7-17(23)16(14)12-24/h9,14,16-17H,5-8,10-13H2,1-4H3. The minimum Gasteiger partial charge on any atom is -0.378 e. The molecule has 0 spiro atoms. The van der Waals surface area contributed by atoms with Crippen molar-refractivity contribution in [2.45, 2.75) is 58.1 Å². The fourth-order valence-corrected chi connectivity index (χ4v) is 4.94. The fraction of sp³-hybridized carbons (Fsp3) is 0.800. The lowest BCUT2D eigenvalue weighted by molar-refractivity contribution is 0.173. The van der Waals surface area contributed by atoms with Gasteiger partial charge < -0.3 is 9.64 Å². The largest absolute Gasteiger partial charge is 0.378 e. The summed E-state index contributed by atoms with van der Waals surface area (Å²) in [5.41, 5.74) is 0.947. The summed E-state index contributed by atoms with van der Waals surface area (Å²) in [5, 5.41) is 0. The first-order chi connectivity index (χ1) is 12.0. The molecule has 5 nitrogen and oxygen atoms in total. The van der Waals surface area contributed by atoms with Gasteiger partial charge in [0.1, 0.15) is 11.6 Å². The average molecular weight is 345 g/mol. The molecule has 4 heterocycles. The highest BCUT2D eigenvalue weighted by Crippen LogP contribution is 2.41. The molecule has 0 amide bonds. The minimum atomic E-state index is -0.0474. The number of rotatable bonds is 3. The van der Waals surface area contributed by atoms with Gasteiger partial charge in [-0.05, 0) is 31.2 Å². The highest BCUT2D eigenvalue weighted by atomic mass is 16.5. The van der Waals surface area contributed by atoms with E-state index >= 15 is 0 Å². The number of hydrogen-bond acceptors (Lipinski definition) is 5. The van der Waals surface area contributed by atoms with E-state index in [9.17, 15) is 0 Å². The predicted octanol–water partition coefficient (Wildman–Crippen LogP) is 2.84. The highest BCUT2D eigenvalue weighted by Gasteiger charge is 2.47. The Kier molecular flexibility index (Phi) is 4.49. The Morgan fingerprint density at radius 3 is 2.76 bits per heavy atom. The number of aromatic nitrogens is 2. The van der Waals surface area contributed by atoms with Crippen LogP contribution in [0.5, 0.6) is 0 Å². The summed E-state index contributed by atoms with van der Waals surface area (Å²) in [4.78, 5) is 14.9. The van der Waals surface area contributed by atoms with Gasteiger partial charge in [0.15, 0.2) is 0 Å². The molecular weight excluding hydrogens is 312 g/mol. The zero-order valence-corrected chi connectivity index (χ0v) is 16.2. The van der Waals surface area contributed by atoms with Crippen LogP contribution in [0.1, 0.15) is 51.6 Å². The maximum atomic E-state index is 5.34. The Morgan fingerprint density at radius 2 is 2.00 bits per heavy atom. The number of fused-ring (bicyclic) bond motifs is 3. The quantitative estimate of drug-likeness (QED) is 0.843. The molecule has 5 heteroatoms. The number of methoxy groups -OCH3 is 1. The Morgan fingerprint density at radius 1 is 1.16 bits per heavy atom. The van der Waals surface area contributed by atoms with Crippen molar-refractivity contribution in [1.29, 1.82) is 0 Å². The Balaban J connectivity index is 1.57. The van der Waals surface area contributed by atoms with Gasteiger partial charge in [-0.25, -0.2) is 9.97 Å². The molecule has 0 bridgehead atoms. The number of piperidine rings is 1. The second kappa shape index (κ2) is 6.51. The summed E-state index contributed by atoms with van der Waals surface area (Å²) < 4.78 is 5.34. The van der Waals surface area contributed by atoms with Crippen LogP contribution in [0.2, 0.25) is 0 Å². The molecule has 25 heavy (non-hydrogen) atoms. The van der Waals surface area contributed by atoms with Crippen LogP contribution in [0, 0.1) is 11.8 Å². The summed E-state index contributed by atoms with van der Waals surface area (Å²) in [6.07, 6.45) is 4.19. The van der Waals surface area contributed by atoms with Crippen LogP contribution >= 0.6 is 0 Å². The highest BCUT2D eigenvalue weighted by molar-refractivity contribution is 5.43. The molecular formula is C20H32N4O. The van der Waals surface area contributed by atoms with Crippen molar-refractivity contribution >= 4 is 5.82 Å². The second-order valence-electron chi connectivity index (χ2n) is 9.11. The van der Waals surface area contributed by atoms with Crippen LogP contribution < -0.4 is 4.90 Å². The van der Waals surface area contributed by atoms with Crippen molar-refractivity contribution in [3.63, 3.8) is 0 Å². The van der Waals surface area contributed by atoms with E-state index in [-0.39, 0.29) is 5.41 Å². The van der Waals surface area contributed by atoms with E-state index in [2.05, 4.69) is 36.6 Å². The molecule has 3 aliphatic rings. The van der Waals surface area contributed by atoms with Gasteiger partial charge in [-0.3, -0.25) is 4.90 Å². The first-order valence-corrected chi connectivity index (χ1v) is 9.82.